The van der Waals surface area contributed by atoms with Gasteiger partial charge in [0.15, 0.2) is 0 Å². The van der Waals surface area contributed by atoms with Crippen LogP contribution < -0.4 is 10.2 Å². The van der Waals surface area contributed by atoms with Crippen molar-refractivity contribution in [2.24, 2.45) is 0 Å². The van der Waals surface area contributed by atoms with Crippen LogP contribution in [0.4, 0.5) is 10.5 Å². The zero-order valence-electron chi connectivity index (χ0n) is 14.4. The van der Waals surface area contributed by atoms with E-state index in [1.165, 1.54) is 30.6 Å². The van der Waals surface area contributed by atoms with Crippen LogP contribution in [0.3, 0.4) is 0 Å². The molecule has 7 nitrogen and oxygen atoms in total. The van der Waals surface area contributed by atoms with Gasteiger partial charge in [0, 0.05) is 34.4 Å². The number of rotatable bonds is 3. The van der Waals surface area contributed by atoms with Gasteiger partial charge in [0.25, 0.3) is 11.8 Å². The Labute approximate surface area is 168 Å². The quantitative estimate of drug-likeness (QED) is 0.504. The van der Waals surface area contributed by atoms with Gasteiger partial charge in [-0.15, -0.1) is 0 Å². The summed E-state index contributed by atoms with van der Waals surface area (Å²) in [4.78, 5) is 42.2. The zero-order chi connectivity index (χ0) is 19.7. The summed E-state index contributed by atoms with van der Waals surface area (Å²) in [7, 11) is 0. The summed E-state index contributed by atoms with van der Waals surface area (Å²) in [6, 6.07) is 13.5. The molecule has 0 atom stereocenters. The molecule has 28 heavy (non-hydrogen) atoms. The molecule has 0 aliphatic carbocycles. The molecule has 1 N–H and O–H groups in total. The van der Waals surface area contributed by atoms with Gasteiger partial charge in [-0.3, -0.25) is 19.9 Å². The van der Waals surface area contributed by atoms with Crippen molar-refractivity contribution < 1.29 is 14.4 Å². The Hall–Kier alpha value is -3.52. The number of hydrogen-bond acceptors (Lipinski definition) is 4. The average Bonchev–Trinajstić information content (AvgIpc) is 3.15. The molecule has 2 aromatic heterocycles. The van der Waals surface area contributed by atoms with Gasteiger partial charge in [-0.2, -0.15) is 0 Å². The van der Waals surface area contributed by atoms with E-state index in [0.717, 1.165) is 15.1 Å². The first-order chi connectivity index (χ1) is 13.5. The topological polar surface area (TPSA) is 84.3 Å². The van der Waals surface area contributed by atoms with Crippen molar-refractivity contribution in [1.29, 1.82) is 0 Å². The van der Waals surface area contributed by atoms with Gasteiger partial charge >= 0.3 is 6.03 Å². The van der Waals surface area contributed by atoms with E-state index in [4.69, 9.17) is 0 Å². The van der Waals surface area contributed by atoms with Crippen LogP contribution in [0.25, 0.3) is 11.8 Å². The van der Waals surface area contributed by atoms with Crippen molar-refractivity contribution >= 4 is 45.5 Å². The molecular formula is C20H13BrN4O3. The first-order valence-electron chi connectivity index (χ1n) is 8.29. The largest absolute Gasteiger partial charge is 0.335 e. The number of urea groups is 1. The monoisotopic (exact) mass is 436 g/mol. The van der Waals surface area contributed by atoms with Crippen LogP contribution in [0.15, 0.2) is 77.2 Å². The highest BCUT2D eigenvalue weighted by Crippen LogP contribution is 2.23. The van der Waals surface area contributed by atoms with E-state index in [9.17, 15) is 14.4 Å². The maximum Gasteiger partial charge on any atom is 0.335 e. The third-order valence-electron chi connectivity index (χ3n) is 4.20. The Bertz CT molecular complexity index is 1100. The van der Waals surface area contributed by atoms with Crippen LogP contribution in [0.5, 0.6) is 0 Å². The number of carbonyl (C=O) groups excluding carboxylic acids is 3. The summed E-state index contributed by atoms with van der Waals surface area (Å²) in [5.41, 5.74) is 1.70. The van der Waals surface area contributed by atoms with Gasteiger partial charge in [-0.1, -0.05) is 15.9 Å². The Morgan fingerprint density at radius 1 is 0.929 bits per heavy atom. The Kier molecular flexibility index (Phi) is 4.62. The summed E-state index contributed by atoms with van der Waals surface area (Å²) in [5.74, 6) is -1.42. The van der Waals surface area contributed by atoms with Crippen molar-refractivity contribution in [1.82, 2.24) is 14.9 Å². The normalized spacial score (nSPS) is 15.8. The van der Waals surface area contributed by atoms with E-state index in [1.54, 1.807) is 6.07 Å². The highest BCUT2D eigenvalue weighted by Gasteiger charge is 2.36. The molecule has 1 aliphatic rings. The Balaban J connectivity index is 1.74. The molecule has 1 aliphatic heterocycles. The molecule has 8 heteroatoms. The first-order valence-corrected chi connectivity index (χ1v) is 9.09. The minimum absolute atomic E-state index is 0.131. The van der Waals surface area contributed by atoms with Gasteiger partial charge in [0.2, 0.25) is 0 Å². The lowest BCUT2D eigenvalue weighted by atomic mass is 10.1. The van der Waals surface area contributed by atoms with Gasteiger partial charge in [0.05, 0.1) is 5.69 Å². The molecule has 0 unspecified atom stereocenters. The van der Waals surface area contributed by atoms with Crippen LogP contribution in [0.2, 0.25) is 0 Å². The second-order valence-electron chi connectivity index (χ2n) is 5.94. The van der Waals surface area contributed by atoms with Crippen LogP contribution in [-0.4, -0.2) is 27.4 Å². The van der Waals surface area contributed by atoms with Gasteiger partial charge < -0.3 is 4.57 Å². The number of pyridine rings is 1. The molecule has 1 saturated heterocycles. The fraction of sp³-hybridized carbons (Fsp3) is 0. The molecule has 0 saturated carbocycles. The second kappa shape index (κ2) is 7.24. The Morgan fingerprint density at radius 2 is 1.64 bits per heavy atom. The van der Waals surface area contributed by atoms with Gasteiger partial charge in [-0.25, -0.2) is 9.69 Å². The van der Waals surface area contributed by atoms with E-state index in [-0.39, 0.29) is 5.57 Å². The molecule has 3 aromatic rings. The highest BCUT2D eigenvalue weighted by atomic mass is 79.9. The van der Waals surface area contributed by atoms with Crippen LogP contribution in [-0.2, 0) is 9.59 Å². The average molecular weight is 437 g/mol. The summed E-state index contributed by atoms with van der Waals surface area (Å²) in [6.45, 7) is 0. The number of nitrogens with one attached hydrogen (secondary N) is 1. The molecule has 1 fully saturated rings. The van der Waals surface area contributed by atoms with E-state index < -0.39 is 17.8 Å². The molecule has 4 rings (SSSR count). The number of carbonyl (C=O) groups is 3. The number of anilines is 1. The molecule has 0 bridgehead atoms. The number of benzene rings is 1. The third-order valence-corrected chi connectivity index (χ3v) is 4.73. The van der Waals surface area contributed by atoms with Gasteiger partial charge in [-0.05, 0) is 54.6 Å². The van der Waals surface area contributed by atoms with Crippen molar-refractivity contribution in [2.45, 2.75) is 0 Å². The number of hydrogen-bond donors (Lipinski definition) is 1. The van der Waals surface area contributed by atoms with Crippen LogP contribution >= 0.6 is 15.9 Å². The number of halogens is 1. The van der Waals surface area contributed by atoms with E-state index in [0.29, 0.717) is 11.4 Å². The van der Waals surface area contributed by atoms with Crippen LogP contribution in [0, 0.1) is 0 Å². The Morgan fingerprint density at radius 3 is 2.36 bits per heavy atom. The number of barbiturate groups is 1. The van der Waals surface area contributed by atoms with Crippen molar-refractivity contribution in [3.8, 4) is 5.69 Å². The SMILES string of the molecule is O=C1NC(=O)N(c2ccncc2)C(=O)/C1=C/c1cccn1-c1ccc(Br)cc1. The lowest BCUT2D eigenvalue weighted by molar-refractivity contribution is -0.122. The number of amides is 4. The van der Waals surface area contributed by atoms with Crippen molar-refractivity contribution in [2.75, 3.05) is 4.90 Å². The number of imide groups is 2. The molecule has 4 amide bonds. The number of aromatic nitrogens is 2. The molecule has 3 heterocycles. The number of nitrogens with zero attached hydrogens (tertiary/aromatic N) is 3. The smallest absolute Gasteiger partial charge is 0.317 e. The molecular weight excluding hydrogens is 424 g/mol. The molecule has 0 radical (unpaired) electrons. The zero-order valence-corrected chi connectivity index (χ0v) is 16.0. The van der Waals surface area contributed by atoms with E-state index in [2.05, 4.69) is 26.2 Å². The minimum atomic E-state index is -0.790. The van der Waals surface area contributed by atoms with E-state index >= 15 is 0 Å². The van der Waals surface area contributed by atoms with Crippen molar-refractivity contribution in [3.05, 3.63) is 82.9 Å². The lowest BCUT2D eigenvalue weighted by Gasteiger charge is -2.26. The maximum absolute atomic E-state index is 12.9. The van der Waals surface area contributed by atoms with Crippen molar-refractivity contribution in [3.63, 3.8) is 0 Å². The predicted molar refractivity (Wildman–Crippen MR) is 107 cm³/mol. The standard InChI is InChI=1S/C20H13BrN4O3/c21-13-3-5-14(6-4-13)24-11-1-2-16(24)12-17-18(26)23-20(28)25(19(17)27)15-7-9-22-10-8-15/h1-12H,(H,23,26,28)/b17-12+. The summed E-state index contributed by atoms with van der Waals surface area (Å²) >= 11 is 3.40. The minimum Gasteiger partial charge on any atom is -0.317 e. The van der Waals surface area contributed by atoms with Crippen LogP contribution in [0.1, 0.15) is 5.69 Å². The summed E-state index contributed by atoms with van der Waals surface area (Å²) < 4.78 is 2.78. The molecule has 0 spiro atoms. The maximum atomic E-state index is 12.9. The molecule has 138 valence electrons. The lowest BCUT2D eigenvalue weighted by Crippen LogP contribution is -2.54. The summed E-state index contributed by atoms with van der Waals surface area (Å²) in [6.07, 6.45) is 6.23. The fourth-order valence-corrected chi connectivity index (χ4v) is 3.15. The first kappa shape index (κ1) is 17.9. The fourth-order valence-electron chi connectivity index (χ4n) is 2.88. The third kappa shape index (κ3) is 3.25. The predicted octanol–water partition coefficient (Wildman–Crippen LogP) is 3.30. The van der Waals surface area contributed by atoms with E-state index in [1.807, 2.05) is 41.1 Å². The summed E-state index contributed by atoms with van der Waals surface area (Å²) in [5, 5.41) is 2.21. The highest BCUT2D eigenvalue weighted by molar-refractivity contribution is 9.10. The molecule has 1 aromatic carbocycles. The van der Waals surface area contributed by atoms with Gasteiger partial charge in [0.1, 0.15) is 5.57 Å². The second-order valence-corrected chi connectivity index (χ2v) is 6.86.